The number of hydrogen-bond donors (Lipinski definition) is 0. The van der Waals surface area contributed by atoms with Crippen molar-refractivity contribution >= 4 is 11.7 Å². The van der Waals surface area contributed by atoms with E-state index in [1.54, 1.807) is 6.92 Å². The third-order valence-electron chi connectivity index (χ3n) is 2.64. The van der Waals surface area contributed by atoms with E-state index in [-0.39, 0.29) is 17.7 Å². The summed E-state index contributed by atoms with van der Waals surface area (Å²) in [5.74, 6) is 0.746. The van der Waals surface area contributed by atoms with E-state index in [0.29, 0.717) is 25.3 Å². The lowest BCUT2D eigenvalue weighted by atomic mass is 9.92. The molecule has 0 aliphatic carbocycles. The van der Waals surface area contributed by atoms with Crippen molar-refractivity contribution < 1.29 is 9.59 Å². The van der Waals surface area contributed by atoms with Gasteiger partial charge in [-0.2, -0.15) is 0 Å². The van der Waals surface area contributed by atoms with Gasteiger partial charge in [-0.15, -0.1) is 0 Å². The number of Topliss-reactive ketones (excluding diaryl/α,β-unsaturated/α-hetero) is 1. The summed E-state index contributed by atoms with van der Waals surface area (Å²) in [7, 11) is 0. The highest BCUT2D eigenvalue weighted by molar-refractivity contribution is 5.83. The average Bonchev–Trinajstić information content (AvgIpc) is 2.03. The first kappa shape index (κ1) is 10.2. The van der Waals surface area contributed by atoms with Crippen molar-refractivity contribution in [3.8, 4) is 0 Å². The van der Waals surface area contributed by atoms with E-state index >= 15 is 0 Å². The van der Waals surface area contributed by atoms with Crippen molar-refractivity contribution in [1.29, 1.82) is 0 Å². The molecule has 0 aromatic heterocycles. The number of likely N-dealkylation sites (tertiary alicyclic amines) is 1. The maximum absolute atomic E-state index is 11.2. The fourth-order valence-corrected chi connectivity index (χ4v) is 1.84. The van der Waals surface area contributed by atoms with Crippen molar-refractivity contribution in [1.82, 2.24) is 4.90 Å². The van der Waals surface area contributed by atoms with Crippen LogP contribution in [0.25, 0.3) is 0 Å². The zero-order valence-corrected chi connectivity index (χ0v) is 8.54. The molecule has 1 amide bonds. The lowest BCUT2D eigenvalue weighted by Crippen LogP contribution is -2.47. The quantitative estimate of drug-likeness (QED) is 0.613. The Labute approximate surface area is 79.1 Å². The molecular weight excluding hydrogens is 166 g/mol. The molecule has 0 radical (unpaired) electrons. The number of piperidine rings is 1. The predicted octanol–water partition coefficient (Wildman–Crippen LogP) is 1.22. The largest absolute Gasteiger partial charge is 0.339 e. The van der Waals surface area contributed by atoms with E-state index in [4.69, 9.17) is 0 Å². The van der Waals surface area contributed by atoms with Crippen LogP contribution in [0, 0.1) is 5.92 Å². The highest BCUT2D eigenvalue weighted by atomic mass is 16.2. The van der Waals surface area contributed by atoms with Gasteiger partial charge in [0.05, 0.1) is 0 Å². The molecule has 1 aliphatic rings. The second-order valence-electron chi connectivity index (χ2n) is 4.02. The molecule has 0 aromatic rings. The molecule has 1 saturated heterocycles. The van der Waals surface area contributed by atoms with Crippen molar-refractivity contribution in [2.45, 2.75) is 39.7 Å². The molecule has 74 valence electrons. The maximum Gasteiger partial charge on any atom is 0.219 e. The van der Waals surface area contributed by atoms with Crippen LogP contribution in [0.4, 0.5) is 0 Å². The Morgan fingerprint density at radius 2 is 2.15 bits per heavy atom. The lowest BCUT2D eigenvalue weighted by Gasteiger charge is -2.36. The number of nitrogens with zero attached hydrogens (tertiary/aromatic N) is 1. The molecule has 1 rings (SSSR count). The summed E-state index contributed by atoms with van der Waals surface area (Å²) in [6, 6.07) is 0.124. The van der Waals surface area contributed by atoms with Gasteiger partial charge in [-0.3, -0.25) is 9.59 Å². The van der Waals surface area contributed by atoms with E-state index in [2.05, 4.69) is 13.8 Å². The van der Waals surface area contributed by atoms with Crippen molar-refractivity contribution in [2.24, 2.45) is 5.92 Å². The minimum Gasteiger partial charge on any atom is -0.339 e. The van der Waals surface area contributed by atoms with Gasteiger partial charge in [0.15, 0.2) is 0 Å². The molecule has 0 saturated carbocycles. The summed E-state index contributed by atoms with van der Waals surface area (Å²) in [6.07, 6.45) is 1.07. The first-order valence-corrected chi connectivity index (χ1v) is 4.81. The van der Waals surface area contributed by atoms with Crippen LogP contribution in [-0.2, 0) is 9.59 Å². The van der Waals surface area contributed by atoms with Gasteiger partial charge in [-0.05, 0) is 5.92 Å². The minimum atomic E-state index is 0.0891. The minimum absolute atomic E-state index is 0.0891. The zero-order valence-electron chi connectivity index (χ0n) is 8.54. The summed E-state index contributed by atoms with van der Waals surface area (Å²) >= 11 is 0. The molecule has 0 spiro atoms. The van der Waals surface area contributed by atoms with Gasteiger partial charge in [0.25, 0.3) is 0 Å². The van der Waals surface area contributed by atoms with Crippen LogP contribution in [0.1, 0.15) is 33.6 Å². The van der Waals surface area contributed by atoms with Crippen LogP contribution in [0.5, 0.6) is 0 Å². The van der Waals surface area contributed by atoms with Gasteiger partial charge in [0.1, 0.15) is 5.78 Å². The Morgan fingerprint density at radius 3 is 2.62 bits per heavy atom. The van der Waals surface area contributed by atoms with Crippen LogP contribution >= 0.6 is 0 Å². The Hall–Kier alpha value is -0.860. The Balaban J connectivity index is 2.71. The van der Waals surface area contributed by atoms with Crippen molar-refractivity contribution in [2.75, 3.05) is 6.54 Å². The number of hydrogen-bond acceptors (Lipinski definition) is 2. The predicted molar refractivity (Wildman–Crippen MR) is 50.3 cm³/mol. The Kier molecular flexibility index (Phi) is 3.07. The normalized spacial score (nSPS) is 23.8. The number of rotatable bonds is 1. The molecule has 13 heavy (non-hydrogen) atoms. The molecule has 3 heteroatoms. The van der Waals surface area contributed by atoms with E-state index in [9.17, 15) is 9.59 Å². The van der Waals surface area contributed by atoms with Crippen LogP contribution in [0.2, 0.25) is 0 Å². The fourth-order valence-electron chi connectivity index (χ4n) is 1.84. The van der Waals surface area contributed by atoms with Gasteiger partial charge >= 0.3 is 0 Å². The molecule has 0 bridgehead atoms. The highest BCUT2D eigenvalue weighted by Gasteiger charge is 2.30. The van der Waals surface area contributed by atoms with E-state index in [1.165, 1.54) is 0 Å². The van der Waals surface area contributed by atoms with Crippen molar-refractivity contribution in [3.63, 3.8) is 0 Å². The lowest BCUT2D eigenvalue weighted by molar-refractivity contribution is -0.137. The Bertz CT molecular complexity index is 223. The second-order valence-corrected chi connectivity index (χ2v) is 4.02. The van der Waals surface area contributed by atoms with Gasteiger partial charge in [0.2, 0.25) is 5.91 Å². The second kappa shape index (κ2) is 3.90. The summed E-state index contributed by atoms with van der Waals surface area (Å²) in [4.78, 5) is 24.3. The fraction of sp³-hybridized carbons (Fsp3) is 0.800. The number of carbonyl (C=O) groups is 2. The first-order valence-electron chi connectivity index (χ1n) is 4.81. The third-order valence-corrected chi connectivity index (χ3v) is 2.64. The SMILES string of the molecule is CC(=O)N1CCC(=O)CC1C(C)C. The van der Waals surface area contributed by atoms with E-state index in [1.807, 2.05) is 4.90 Å². The molecule has 3 nitrogen and oxygen atoms in total. The molecule has 1 aliphatic heterocycles. The molecule has 0 aromatic carbocycles. The van der Waals surface area contributed by atoms with Gasteiger partial charge in [-0.1, -0.05) is 13.8 Å². The van der Waals surface area contributed by atoms with Crippen LogP contribution in [0.15, 0.2) is 0 Å². The maximum atomic E-state index is 11.2. The van der Waals surface area contributed by atoms with E-state index in [0.717, 1.165) is 0 Å². The summed E-state index contributed by atoms with van der Waals surface area (Å²) < 4.78 is 0. The number of carbonyl (C=O) groups excluding carboxylic acids is 2. The summed E-state index contributed by atoms with van der Waals surface area (Å²) in [5.41, 5.74) is 0. The molecule has 1 fully saturated rings. The smallest absolute Gasteiger partial charge is 0.219 e. The summed E-state index contributed by atoms with van der Waals surface area (Å²) in [5, 5.41) is 0. The zero-order chi connectivity index (χ0) is 10.0. The summed E-state index contributed by atoms with van der Waals surface area (Å²) in [6.45, 7) is 6.29. The van der Waals surface area contributed by atoms with E-state index < -0.39 is 0 Å². The molecule has 0 N–H and O–H groups in total. The topological polar surface area (TPSA) is 37.4 Å². The standard InChI is InChI=1S/C10H17NO2/c1-7(2)10-6-9(13)4-5-11(10)8(3)12/h7,10H,4-6H2,1-3H3. The molecule has 1 heterocycles. The monoisotopic (exact) mass is 183 g/mol. The average molecular weight is 183 g/mol. The van der Waals surface area contributed by atoms with Gasteiger partial charge in [-0.25, -0.2) is 0 Å². The number of amides is 1. The molecular formula is C10H17NO2. The van der Waals surface area contributed by atoms with Gasteiger partial charge < -0.3 is 4.90 Å². The molecule has 1 unspecified atom stereocenters. The van der Waals surface area contributed by atoms with Gasteiger partial charge in [0, 0.05) is 32.4 Å². The van der Waals surface area contributed by atoms with Crippen LogP contribution < -0.4 is 0 Å². The molecule has 1 atom stereocenters. The highest BCUT2D eigenvalue weighted by Crippen LogP contribution is 2.20. The number of ketones is 1. The third kappa shape index (κ3) is 2.29. The Morgan fingerprint density at radius 1 is 1.54 bits per heavy atom. The first-order chi connectivity index (χ1) is 6.02. The van der Waals surface area contributed by atoms with Crippen LogP contribution in [-0.4, -0.2) is 29.2 Å². The van der Waals surface area contributed by atoms with Crippen LogP contribution in [0.3, 0.4) is 0 Å². The van der Waals surface area contributed by atoms with Crippen molar-refractivity contribution in [3.05, 3.63) is 0 Å².